The van der Waals surface area contributed by atoms with E-state index in [-0.39, 0.29) is 6.03 Å². The van der Waals surface area contributed by atoms with Gasteiger partial charge in [0.15, 0.2) is 11.5 Å². The van der Waals surface area contributed by atoms with Gasteiger partial charge in [-0.15, -0.1) is 0 Å². The third-order valence-corrected chi connectivity index (χ3v) is 3.75. The van der Waals surface area contributed by atoms with Crippen LogP contribution in [0.3, 0.4) is 0 Å². The fourth-order valence-corrected chi connectivity index (χ4v) is 2.46. The van der Waals surface area contributed by atoms with Crippen LogP contribution in [0.15, 0.2) is 55.1 Å². The van der Waals surface area contributed by atoms with Crippen molar-refractivity contribution in [3.63, 3.8) is 0 Å². The third kappa shape index (κ3) is 6.26. The summed E-state index contributed by atoms with van der Waals surface area (Å²) in [5.41, 5.74) is 1.82. The SMILES string of the molecule is C=CCOc1ccccc1CNC(=O)NCc1ccc(OCC)c(OC)c1. The van der Waals surface area contributed by atoms with Crippen LogP contribution in [-0.4, -0.2) is 26.4 Å². The highest BCUT2D eigenvalue weighted by Gasteiger charge is 2.08. The normalized spacial score (nSPS) is 10.0. The highest BCUT2D eigenvalue weighted by atomic mass is 16.5. The minimum atomic E-state index is -0.263. The van der Waals surface area contributed by atoms with E-state index in [0.29, 0.717) is 37.8 Å². The average molecular weight is 370 g/mol. The molecule has 144 valence electrons. The maximum atomic E-state index is 12.1. The smallest absolute Gasteiger partial charge is 0.315 e. The summed E-state index contributed by atoms with van der Waals surface area (Å²) in [5.74, 6) is 2.06. The molecule has 0 bridgehead atoms. The Hall–Kier alpha value is -3.15. The lowest BCUT2D eigenvalue weighted by Gasteiger charge is -2.13. The number of rotatable bonds is 10. The van der Waals surface area contributed by atoms with Gasteiger partial charge in [-0.25, -0.2) is 4.79 Å². The summed E-state index contributed by atoms with van der Waals surface area (Å²) in [5, 5.41) is 5.67. The molecule has 0 heterocycles. The molecule has 0 aliphatic carbocycles. The van der Waals surface area contributed by atoms with Crippen LogP contribution in [0.25, 0.3) is 0 Å². The number of methoxy groups -OCH3 is 1. The Morgan fingerprint density at radius 2 is 1.81 bits per heavy atom. The van der Waals surface area contributed by atoms with Crippen molar-refractivity contribution in [1.82, 2.24) is 10.6 Å². The molecule has 0 aliphatic heterocycles. The number of hydrogen-bond donors (Lipinski definition) is 2. The molecule has 6 heteroatoms. The van der Waals surface area contributed by atoms with Crippen LogP contribution < -0.4 is 24.8 Å². The lowest BCUT2D eigenvalue weighted by molar-refractivity contribution is 0.240. The number of carbonyl (C=O) groups excluding carboxylic acids is 1. The van der Waals surface area contributed by atoms with E-state index in [1.807, 2.05) is 49.4 Å². The zero-order chi connectivity index (χ0) is 19.5. The summed E-state index contributed by atoms with van der Waals surface area (Å²) in [6, 6.07) is 12.9. The summed E-state index contributed by atoms with van der Waals surface area (Å²) in [6.45, 7) is 7.28. The van der Waals surface area contributed by atoms with E-state index in [0.717, 1.165) is 16.9 Å². The molecule has 27 heavy (non-hydrogen) atoms. The van der Waals surface area contributed by atoms with Gasteiger partial charge in [0.1, 0.15) is 12.4 Å². The Morgan fingerprint density at radius 1 is 1.04 bits per heavy atom. The number of urea groups is 1. The Labute approximate surface area is 160 Å². The molecule has 0 aromatic heterocycles. The number of benzene rings is 2. The van der Waals surface area contributed by atoms with Crippen LogP contribution in [-0.2, 0) is 13.1 Å². The van der Waals surface area contributed by atoms with Crippen molar-refractivity contribution in [3.05, 3.63) is 66.2 Å². The highest BCUT2D eigenvalue weighted by Crippen LogP contribution is 2.27. The van der Waals surface area contributed by atoms with Crippen molar-refractivity contribution < 1.29 is 19.0 Å². The second kappa shape index (κ2) is 10.8. The second-order valence-corrected chi connectivity index (χ2v) is 5.66. The first-order valence-electron chi connectivity index (χ1n) is 8.81. The van der Waals surface area contributed by atoms with Gasteiger partial charge in [-0.3, -0.25) is 0 Å². The van der Waals surface area contributed by atoms with Crippen molar-refractivity contribution >= 4 is 6.03 Å². The van der Waals surface area contributed by atoms with Crippen LogP contribution in [0.4, 0.5) is 4.79 Å². The van der Waals surface area contributed by atoms with Crippen molar-refractivity contribution in [2.45, 2.75) is 20.0 Å². The van der Waals surface area contributed by atoms with Crippen LogP contribution >= 0.6 is 0 Å². The molecule has 0 saturated heterocycles. The molecule has 0 saturated carbocycles. The van der Waals surface area contributed by atoms with Crippen LogP contribution in [0.2, 0.25) is 0 Å². The van der Waals surface area contributed by atoms with Crippen molar-refractivity contribution in [2.75, 3.05) is 20.3 Å². The van der Waals surface area contributed by atoms with Gasteiger partial charge in [-0.1, -0.05) is 36.9 Å². The zero-order valence-corrected chi connectivity index (χ0v) is 15.8. The number of ether oxygens (including phenoxy) is 3. The average Bonchev–Trinajstić information content (AvgIpc) is 2.70. The van der Waals surface area contributed by atoms with E-state index >= 15 is 0 Å². The van der Waals surface area contributed by atoms with Gasteiger partial charge < -0.3 is 24.8 Å². The Balaban J connectivity index is 1.87. The van der Waals surface area contributed by atoms with Crippen LogP contribution in [0.1, 0.15) is 18.1 Å². The van der Waals surface area contributed by atoms with Gasteiger partial charge in [-0.2, -0.15) is 0 Å². The van der Waals surface area contributed by atoms with E-state index in [1.165, 1.54) is 0 Å². The predicted octanol–water partition coefficient (Wildman–Crippen LogP) is 3.66. The predicted molar refractivity (Wildman–Crippen MR) is 105 cm³/mol. The van der Waals surface area contributed by atoms with E-state index in [4.69, 9.17) is 14.2 Å². The van der Waals surface area contributed by atoms with E-state index in [2.05, 4.69) is 17.2 Å². The fraction of sp³-hybridized carbons (Fsp3) is 0.286. The maximum Gasteiger partial charge on any atom is 0.315 e. The summed E-state index contributed by atoms with van der Waals surface area (Å²) in [6.07, 6.45) is 1.68. The lowest BCUT2D eigenvalue weighted by Crippen LogP contribution is -2.34. The van der Waals surface area contributed by atoms with Gasteiger partial charge in [-0.05, 0) is 30.7 Å². The molecule has 2 rings (SSSR count). The topological polar surface area (TPSA) is 68.8 Å². The van der Waals surface area contributed by atoms with E-state index in [1.54, 1.807) is 13.2 Å². The van der Waals surface area contributed by atoms with Crippen molar-refractivity contribution in [2.24, 2.45) is 0 Å². The molecule has 2 amide bonds. The summed E-state index contributed by atoms with van der Waals surface area (Å²) >= 11 is 0. The summed E-state index contributed by atoms with van der Waals surface area (Å²) in [4.78, 5) is 12.1. The minimum absolute atomic E-state index is 0.263. The molecule has 2 aromatic carbocycles. The third-order valence-electron chi connectivity index (χ3n) is 3.75. The maximum absolute atomic E-state index is 12.1. The number of para-hydroxylation sites is 1. The molecule has 6 nitrogen and oxygen atoms in total. The van der Waals surface area contributed by atoms with Crippen molar-refractivity contribution in [1.29, 1.82) is 0 Å². The van der Waals surface area contributed by atoms with Gasteiger partial charge in [0, 0.05) is 18.7 Å². The van der Waals surface area contributed by atoms with Crippen molar-refractivity contribution in [3.8, 4) is 17.2 Å². The molecular weight excluding hydrogens is 344 g/mol. The minimum Gasteiger partial charge on any atom is -0.493 e. The molecule has 0 fully saturated rings. The number of amides is 2. The fourth-order valence-electron chi connectivity index (χ4n) is 2.46. The van der Waals surface area contributed by atoms with Gasteiger partial charge in [0.25, 0.3) is 0 Å². The van der Waals surface area contributed by atoms with Gasteiger partial charge in [0.05, 0.1) is 13.7 Å². The van der Waals surface area contributed by atoms with Gasteiger partial charge >= 0.3 is 6.03 Å². The molecule has 0 unspecified atom stereocenters. The van der Waals surface area contributed by atoms with Crippen LogP contribution in [0.5, 0.6) is 17.2 Å². The second-order valence-electron chi connectivity index (χ2n) is 5.66. The zero-order valence-electron chi connectivity index (χ0n) is 15.8. The first-order chi connectivity index (χ1) is 13.2. The number of hydrogen-bond acceptors (Lipinski definition) is 4. The molecule has 2 aromatic rings. The molecule has 2 N–H and O–H groups in total. The monoisotopic (exact) mass is 370 g/mol. The summed E-state index contributed by atoms with van der Waals surface area (Å²) in [7, 11) is 1.59. The Kier molecular flexibility index (Phi) is 8.03. The standard InChI is InChI=1S/C21H26N2O4/c1-4-12-27-18-9-7-6-8-17(18)15-23-21(24)22-14-16-10-11-19(26-5-2)20(13-16)25-3/h4,6-11,13H,1,5,12,14-15H2,2-3H3,(H2,22,23,24). The number of carbonyl (C=O) groups is 1. The molecular formula is C21H26N2O4. The number of nitrogens with one attached hydrogen (secondary N) is 2. The molecule has 0 radical (unpaired) electrons. The van der Waals surface area contributed by atoms with Gasteiger partial charge in [0.2, 0.25) is 0 Å². The Bertz CT molecular complexity index is 762. The largest absolute Gasteiger partial charge is 0.493 e. The Morgan fingerprint density at radius 3 is 2.56 bits per heavy atom. The molecule has 0 spiro atoms. The highest BCUT2D eigenvalue weighted by molar-refractivity contribution is 5.74. The lowest BCUT2D eigenvalue weighted by atomic mass is 10.2. The molecule has 0 atom stereocenters. The summed E-state index contributed by atoms with van der Waals surface area (Å²) < 4.78 is 16.4. The van der Waals surface area contributed by atoms with E-state index in [9.17, 15) is 4.79 Å². The van der Waals surface area contributed by atoms with Crippen LogP contribution in [0, 0.1) is 0 Å². The first-order valence-corrected chi connectivity index (χ1v) is 8.81. The van der Waals surface area contributed by atoms with E-state index < -0.39 is 0 Å². The quantitative estimate of drug-likeness (QED) is 0.626. The molecule has 0 aliphatic rings. The first kappa shape index (κ1) is 20.2.